The minimum Gasteiger partial charge on any atom is -0.325 e. The van der Waals surface area contributed by atoms with E-state index in [9.17, 15) is 22.0 Å². The SMILES string of the molecule is CC[N+](CC)(CC)CC.[BH3-]C(F)(F)C(F)(F)F. The van der Waals surface area contributed by atoms with Gasteiger partial charge in [-0.25, -0.2) is 8.78 Å². The first-order chi connectivity index (χ1) is 7.49. The summed E-state index contributed by atoms with van der Waals surface area (Å²) in [6.07, 6.45) is -5.28. The Morgan fingerprint density at radius 1 is 0.765 bits per heavy atom. The van der Waals surface area contributed by atoms with Crippen molar-refractivity contribution in [3.05, 3.63) is 0 Å². The Morgan fingerprint density at radius 2 is 0.941 bits per heavy atom. The van der Waals surface area contributed by atoms with Gasteiger partial charge in [0.25, 0.3) is 0 Å². The third kappa shape index (κ3) is 6.86. The van der Waals surface area contributed by atoms with Crippen LogP contribution in [0.4, 0.5) is 22.0 Å². The summed E-state index contributed by atoms with van der Waals surface area (Å²) in [7, 11) is -1.96. The highest BCUT2D eigenvalue weighted by molar-refractivity contribution is 6.13. The van der Waals surface area contributed by atoms with E-state index in [0.717, 1.165) is 0 Å². The van der Waals surface area contributed by atoms with E-state index in [1.165, 1.54) is 30.7 Å². The maximum atomic E-state index is 11.2. The second-order valence-corrected chi connectivity index (χ2v) is 3.36. The third-order valence-electron chi connectivity index (χ3n) is 2.90. The van der Waals surface area contributed by atoms with Crippen molar-refractivity contribution >= 4 is 7.85 Å². The molecule has 1 nitrogen and oxygen atoms in total. The molecule has 0 spiro atoms. The van der Waals surface area contributed by atoms with Crippen LogP contribution in [0, 0.1) is 0 Å². The molecule has 0 aliphatic heterocycles. The quantitative estimate of drug-likeness (QED) is 0.415. The van der Waals surface area contributed by atoms with E-state index in [4.69, 9.17) is 0 Å². The zero-order valence-corrected chi connectivity index (χ0v) is 10.2. The molecule has 17 heavy (non-hydrogen) atoms. The first kappa shape index (κ1) is 19.0. The number of rotatable bonds is 4. The summed E-state index contributed by atoms with van der Waals surface area (Å²) >= 11 is 0. The van der Waals surface area contributed by atoms with E-state index in [1.807, 2.05) is 0 Å². The fourth-order valence-corrected chi connectivity index (χ4v) is 1.34. The zero-order chi connectivity index (χ0) is 14.3. The van der Waals surface area contributed by atoms with Gasteiger partial charge in [0, 0.05) is 7.85 Å². The van der Waals surface area contributed by atoms with Crippen molar-refractivity contribution in [3.8, 4) is 0 Å². The topological polar surface area (TPSA) is 0 Å². The predicted octanol–water partition coefficient (Wildman–Crippen LogP) is 2.39. The van der Waals surface area contributed by atoms with Gasteiger partial charge in [0.2, 0.25) is 5.82 Å². The van der Waals surface area contributed by atoms with Crippen molar-refractivity contribution in [2.75, 3.05) is 26.2 Å². The number of hydrogen-bond donors (Lipinski definition) is 0. The van der Waals surface area contributed by atoms with Gasteiger partial charge in [-0.05, 0) is 27.7 Å². The summed E-state index contributed by atoms with van der Waals surface area (Å²) < 4.78 is 56.3. The average molecular weight is 263 g/mol. The van der Waals surface area contributed by atoms with E-state index in [1.54, 1.807) is 0 Å². The Morgan fingerprint density at radius 3 is 0.941 bits per heavy atom. The van der Waals surface area contributed by atoms with Gasteiger partial charge < -0.3 is 4.48 Å². The first-order valence-corrected chi connectivity index (χ1v) is 5.29. The van der Waals surface area contributed by atoms with E-state index < -0.39 is 19.8 Å². The van der Waals surface area contributed by atoms with Crippen LogP contribution in [0.25, 0.3) is 0 Å². The fourth-order valence-electron chi connectivity index (χ4n) is 1.34. The van der Waals surface area contributed by atoms with Gasteiger partial charge in [0.15, 0.2) is 0 Å². The Labute approximate surface area is 101 Å². The molecule has 0 fully saturated rings. The summed E-state index contributed by atoms with van der Waals surface area (Å²) in [4.78, 5) is 0. The standard InChI is InChI=1S/C8H20N.C2H3BF5/c1-5-9(6-2,7-3)8-4;3-1(4,5)2(6,7)8/h5-8H2,1-4H3;3H3/q+1;-1. The maximum absolute atomic E-state index is 11.2. The van der Waals surface area contributed by atoms with Crippen LogP contribution in [-0.4, -0.2) is 50.5 Å². The molecule has 106 valence electrons. The highest BCUT2D eigenvalue weighted by atomic mass is 19.4. The number of nitrogens with zero attached hydrogens (tertiary/aromatic N) is 1. The molecule has 0 aliphatic carbocycles. The van der Waals surface area contributed by atoms with Crippen LogP contribution in [-0.2, 0) is 0 Å². The number of hydrogen-bond acceptors (Lipinski definition) is 0. The molecule has 0 amide bonds. The van der Waals surface area contributed by atoms with Gasteiger partial charge in [-0.1, -0.05) is 0 Å². The monoisotopic (exact) mass is 263 g/mol. The van der Waals surface area contributed by atoms with Crippen LogP contribution in [0.15, 0.2) is 0 Å². The highest BCUT2D eigenvalue weighted by Gasteiger charge is 2.46. The Kier molecular flexibility index (Phi) is 8.04. The van der Waals surface area contributed by atoms with Gasteiger partial charge in [-0.2, -0.15) is 13.2 Å². The Hall–Kier alpha value is -0.325. The highest BCUT2D eigenvalue weighted by Crippen LogP contribution is 2.31. The van der Waals surface area contributed by atoms with Crippen LogP contribution in [0.1, 0.15) is 27.7 Å². The Balaban J connectivity index is 0. The minimum atomic E-state index is -5.28. The molecule has 0 saturated carbocycles. The number of halogens is 5. The van der Waals surface area contributed by atoms with Gasteiger partial charge in [-0.15, -0.1) is 0 Å². The zero-order valence-electron chi connectivity index (χ0n) is 10.2. The lowest BCUT2D eigenvalue weighted by Gasteiger charge is -2.34. The molecular formula is C10H23BF5N. The molecule has 0 radical (unpaired) electrons. The molecule has 0 saturated heterocycles. The van der Waals surface area contributed by atoms with Crippen LogP contribution >= 0.6 is 0 Å². The van der Waals surface area contributed by atoms with E-state index in [0.29, 0.717) is 0 Å². The Bertz CT molecular complexity index is 166. The molecule has 0 heterocycles. The van der Waals surface area contributed by atoms with Crippen LogP contribution in [0.3, 0.4) is 0 Å². The normalized spacial score (nSPS) is 13.1. The summed E-state index contributed by atoms with van der Waals surface area (Å²) in [6, 6.07) is 0. The summed E-state index contributed by atoms with van der Waals surface area (Å²) in [5.74, 6) is -4.31. The lowest BCUT2D eigenvalue weighted by atomic mass is 9.99. The lowest BCUT2D eigenvalue weighted by Crippen LogP contribution is -2.47. The van der Waals surface area contributed by atoms with Crippen molar-refractivity contribution in [1.29, 1.82) is 0 Å². The van der Waals surface area contributed by atoms with Crippen LogP contribution < -0.4 is 0 Å². The third-order valence-corrected chi connectivity index (χ3v) is 2.90. The van der Waals surface area contributed by atoms with Gasteiger partial charge in [-0.3, -0.25) is 0 Å². The molecule has 0 aliphatic rings. The second-order valence-electron chi connectivity index (χ2n) is 3.36. The molecule has 0 atom stereocenters. The summed E-state index contributed by atoms with van der Waals surface area (Å²) in [5.41, 5.74) is 0. The molecule has 7 heteroatoms. The second kappa shape index (κ2) is 7.19. The molecule has 0 unspecified atom stereocenters. The maximum Gasteiger partial charge on any atom is 0.415 e. The lowest BCUT2D eigenvalue weighted by molar-refractivity contribution is -0.921. The fraction of sp³-hybridized carbons (Fsp3) is 1.00. The van der Waals surface area contributed by atoms with Crippen molar-refractivity contribution in [3.63, 3.8) is 0 Å². The molecule has 0 rings (SSSR count). The van der Waals surface area contributed by atoms with Gasteiger partial charge >= 0.3 is 6.18 Å². The van der Waals surface area contributed by atoms with Crippen molar-refractivity contribution < 1.29 is 26.4 Å². The largest absolute Gasteiger partial charge is 0.415 e. The summed E-state index contributed by atoms with van der Waals surface area (Å²) in [6.45, 7) is 14.2. The molecule has 0 aromatic carbocycles. The molecule has 0 N–H and O–H groups in total. The molecule has 0 bridgehead atoms. The van der Waals surface area contributed by atoms with E-state index in [-0.39, 0.29) is 0 Å². The van der Waals surface area contributed by atoms with Crippen LogP contribution in [0.2, 0.25) is 0 Å². The predicted molar refractivity (Wildman–Crippen MR) is 63.4 cm³/mol. The molecular weight excluding hydrogens is 240 g/mol. The van der Waals surface area contributed by atoms with Crippen molar-refractivity contribution in [1.82, 2.24) is 0 Å². The van der Waals surface area contributed by atoms with Crippen molar-refractivity contribution in [2.45, 2.75) is 39.7 Å². The van der Waals surface area contributed by atoms with Gasteiger partial charge in [0.1, 0.15) is 0 Å². The van der Waals surface area contributed by atoms with E-state index >= 15 is 0 Å². The van der Waals surface area contributed by atoms with Gasteiger partial charge in [0.05, 0.1) is 26.2 Å². The van der Waals surface area contributed by atoms with Crippen molar-refractivity contribution in [2.24, 2.45) is 0 Å². The molecule has 0 aromatic rings. The minimum absolute atomic E-state index is 1.28. The number of alkyl halides is 5. The number of quaternary nitrogens is 1. The van der Waals surface area contributed by atoms with Crippen LogP contribution in [0.5, 0.6) is 0 Å². The van der Waals surface area contributed by atoms with E-state index in [2.05, 4.69) is 27.7 Å². The average Bonchev–Trinajstić information content (AvgIpc) is 2.20. The smallest absolute Gasteiger partial charge is 0.325 e. The summed E-state index contributed by atoms with van der Waals surface area (Å²) in [5, 5.41) is 0. The first-order valence-electron chi connectivity index (χ1n) is 5.29. The molecule has 0 aromatic heterocycles.